The van der Waals surface area contributed by atoms with Crippen molar-refractivity contribution >= 4 is 5.69 Å². The van der Waals surface area contributed by atoms with Crippen LogP contribution >= 0.6 is 0 Å². The number of methoxy groups -OCH3 is 1. The van der Waals surface area contributed by atoms with E-state index in [1.54, 1.807) is 17.9 Å². The number of pyridine rings is 2. The summed E-state index contributed by atoms with van der Waals surface area (Å²) in [6.45, 7) is 4.08. The molecule has 0 atom stereocenters. The second-order valence-electron chi connectivity index (χ2n) is 4.52. The molecule has 2 N–H and O–H groups in total. The van der Waals surface area contributed by atoms with Crippen molar-refractivity contribution in [3.63, 3.8) is 0 Å². The van der Waals surface area contributed by atoms with Gasteiger partial charge < -0.3 is 15.0 Å². The van der Waals surface area contributed by atoms with E-state index in [-0.39, 0.29) is 5.56 Å². The lowest BCUT2D eigenvalue weighted by molar-refractivity contribution is 0.413. The van der Waals surface area contributed by atoms with Crippen molar-refractivity contribution in [2.75, 3.05) is 12.8 Å². The van der Waals surface area contributed by atoms with Crippen LogP contribution in [0.1, 0.15) is 17.0 Å². The molecule has 0 spiro atoms. The predicted octanol–water partition coefficient (Wildman–Crippen LogP) is 1.50. The first-order valence-corrected chi connectivity index (χ1v) is 5.97. The Morgan fingerprint density at radius 1 is 1.32 bits per heavy atom. The first-order chi connectivity index (χ1) is 8.99. The van der Waals surface area contributed by atoms with Gasteiger partial charge in [-0.3, -0.25) is 9.78 Å². The molecular weight excluding hydrogens is 242 g/mol. The third kappa shape index (κ3) is 2.93. The van der Waals surface area contributed by atoms with Gasteiger partial charge in [0.1, 0.15) is 5.75 Å². The van der Waals surface area contributed by atoms with Crippen LogP contribution in [0, 0.1) is 13.8 Å². The number of aromatic nitrogens is 2. The fourth-order valence-electron chi connectivity index (χ4n) is 1.88. The van der Waals surface area contributed by atoms with Crippen LogP contribution < -0.4 is 16.0 Å². The molecule has 0 saturated carbocycles. The van der Waals surface area contributed by atoms with Crippen molar-refractivity contribution in [2.45, 2.75) is 20.4 Å². The van der Waals surface area contributed by atoms with Gasteiger partial charge in [-0.15, -0.1) is 0 Å². The summed E-state index contributed by atoms with van der Waals surface area (Å²) in [5, 5.41) is 0. The first-order valence-electron chi connectivity index (χ1n) is 5.97. The van der Waals surface area contributed by atoms with Gasteiger partial charge in [0.25, 0.3) is 5.56 Å². The molecule has 2 aromatic heterocycles. The standard InChI is InChI=1S/C14H17N3O2/c1-9-4-14(18)17(8-13(9)15)7-11-6-12(19-3)5-10(2)16-11/h4-6,8H,7,15H2,1-3H3. The Balaban J connectivity index is 2.38. The van der Waals surface area contributed by atoms with E-state index < -0.39 is 0 Å². The highest BCUT2D eigenvalue weighted by molar-refractivity contribution is 5.43. The lowest BCUT2D eigenvalue weighted by Crippen LogP contribution is -2.21. The zero-order valence-corrected chi connectivity index (χ0v) is 11.3. The van der Waals surface area contributed by atoms with E-state index in [9.17, 15) is 4.79 Å². The van der Waals surface area contributed by atoms with Gasteiger partial charge in [0.2, 0.25) is 0 Å². The molecule has 0 unspecified atom stereocenters. The number of nitrogens with zero attached hydrogens (tertiary/aromatic N) is 2. The number of hydrogen-bond acceptors (Lipinski definition) is 4. The van der Waals surface area contributed by atoms with E-state index in [0.717, 1.165) is 22.7 Å². The smallest absolute Gasteiger partial charge is 0.251 e. The fourth-order valence-corrected chi connectivity index (χ4v) is 1.88. The minimum Gasteiger partial charge on any atom is -0.497 e. The first kappa shape index (κ1) is 13.1. The van der Waals surface area contributed by atoms with Crippen LogP contribution in [0.5, 0.6) is 5.75 Å². The second kappa shape index (κ2) is 5.14. The maximum absolute atomic E-state index is 11.9. The maximum Gasteiger partial charge on any atom is 0.251 e. The molecule has 0 saturated heterocycles. The summed E-state index contributed by atoms with van der Waals surface area (Å²) in [6, 6.07) is 5.19. The molecule has 19 heavy (non-hydrogen) atoms. The van der Waals surface area contributed by atoms with Crippen molar-refractivity contribution in [1.82, 2.24) is 9.55 Å². The Bertz CT molecular complexity index is 662. The van der Waals surface area contributed by atoms with E-state index >= 15 is 0 Å². The summed E-state index contributed by atoms with van der Waals surface area (Å²) in [5.41, 5.74) is 8.74. The van der Waals surface area contributed by atoms with Gasteiger partial charge in [-0.2, -0.15) is 0 Å². The number of hydrogen-bond donors (Lipinski definition) is 1. The largest absolute Gasteiger partial charge is 0.497 e. The summed E-state index contributed by atoms with van der Waals surface area (Å²) >= 11 is 0. The molecular formula is C14H17N3O2. The minimum atomic E-state index is -0.0889. The predicted molar refractivity (Wildman–Crippen MR) is 74.5 cm³/mol. The molecule has 0 fully saturated rings. The van der Waals surface area contributed by atoms with Crippen LogP contribution in [-0.2, 0) is 6.54 Å². The van der Waals surface area contributed by atoms with Gasteiger partial charge in [0.15, 0.2) is 0 Å². The number of nitrogen functional groups attached to an aromatic ring is 1. The number of aryl methyl sites for hydroxylation is 2. The molecule has 0 aromatic carbocycles. The third-order valence-electron chi connectivity index (χ3n) is 2.92. The molecule has 0 aliphatic rings. The van der Waals surface area contributed by atoms with E-state index in [0.29, 0.717) is 12.2 Å². The number of nitrogens with two attached hydrogens (primary N) is 1. The van der Waals surface area contributed by atoms with Gasteiger partial charge in [-0.25, -0.2) is 0 Å². The van der Waals surface area contributed by atoms with Gasteiger partial charge in [-0.05, 0) is 19.4 Å². The minimum absolute atomic E-state index is 0.0889. The monoisotopic (exact) mass is 259 g/mol. The van der Waals surface area contributed by atoms with E-state index in [1.807, 2.05) is 26.0 Å². The van der Waals surface area contributed by atoms with Crippen molar-refractivity contribution in [3.8, 4) is 5.75 Å². The zero-order chi connectivity index (χ0) is 14.0. The van der Waals surface area contributed by atoms with Gasteiger partial charge in [-0.1, -0.05) is 0 Å². The summed E-state index contributed by atoms with van der Waals surface area (Å²) in [6.07, 6.45) is 1.65. The van der Waals surface area contributed by atoms with Crippen molar-refractivity contribution in [3.05, 3.63) is 51.7 Å². The Morgan fingerprint density at radius 3 is 2.74 bits per heavy atom. The average molecular weight is 259 g/mol. The molecule has 2 heterocycles. The van der Waals surface area contributed by atoms with E-state index in [1.165, 1.54) is 6.07 Å². The van der Waals surface area contributed by atoms with Crippen molar-refractivity contribution in [1.29, 1.82) is 0 Å². The van der Waals surface area contributed by atoms with Crippen LogP contribution in [0.4, 0.5) is 5.69 Å². The lowest BCUT2D eigenvalue weighted by atomic mass is 10.2. The summed E-state index contributed by atoms with van der Waals surface area (Å²) in [4.78, 5) is 16.3. The number of anilines is 1. The summed E-state index contributed by atoms with van der Waals surface area (Å²) in [5.74, 6) is 0.732. The van der Waals surface area contributed by atoms with Crippen LogP contribution in [0.15, 0.2) is 29.2 Å². The average Bonchev–Trinajstić information content (AvgIpc) is 2.35. The van der Waals surface area contributed by atoms with Crippen LogP contribution in [0.2, 0.25) is 0 Å². The maximum atomic E-state index is 11.9. The molecule has 0 amide bonds. The van der Waals surface area contributed by atoms with Crippen molar-refractivity contribution < 1.29 is 4.74 Å². The highest BCUT2D eigenvalue weighted by Gasteiger charge is 2.05. The summed E-state index contributed by atoms with van der Waals surface area (Å²) in [7, 11) is 1.61. The van der Waals surface area contributed by atoms with Crippen LogP contribution in [0.3, 0.4) is 0 Å². The quantitative estimate of drug-likeness (QED) is 0.906. The molecule has 5 heteroatoms. The van der Waals surface area contributed by atoms with E-state index in [4.69, 9.17) is 10.5 Å². The van der Waals surface area contributed by atoms with E-state index in [2.05, 4.69) is 4.98 Å². The van der Waals surface area contributed by atoms with Gasteiger partial charge >= 0.3 is 0 Å². The molecule has 2 rings (SSSR count). The normalized spacial score (nSPS) is 10.5. The fraction of sp³-hybridized carbons (Fsp3) is 0.286. The molecule has 5 nitrogen and oxygen atoms in total. The van der Waals surface area contributed by atoms with Crippen LogP contribution in [-0.4, -0.2) is 16.7 Å². The second-order valence-corrected chi connectivity index (χ2v) is 4.52. The highest BCUT2D eigenvalue weighted by atomic mass is 16.5. The molecule has 0 aliphatic carbocycles. The molecule has 0 radical (unpaired) electrons. The Kier molecular flexibility index (Phi) is 3.55. The molecule has 2 aromatic rings. The molecule has 0 bridgehead atoms. The van der Waals surface area contributed by atoms with Gasteiger partial charge in [0, 0.05) is 30.1 Å². The molecule has 100 valence electrons. The number of ether oxygens (including phenoxy) is 1. The Morgan fingerprint density at radius 2 is 2.05 bits per heavy atom. The highest BCUT2D eigenvalue weighted by Crippen LogP contribution is 2.14. The summed E-state index contributed by atoms with van der Waals surface area (Å²) < 4.78 is 6.74. The van der Waals surface area contributed by atoms with Gasteiger partial charge in [0.05, 0.1) is 25.0 Å². The Labute approximate surface area is 111 Å². The lowest BCUT2D eigenvalue weighted by Gasteiger charge is -2.10. The SMILES string of the molecule is COc1cc(C)nc(Cn2cc(N)c(C)cc2=O)c1. The molecule has 0 aliphatic heterocycles. The Hall–Kier alpha value is -2.30. The van der Waals surface area contributed by atoms with Crippen molar-refractivity contribution in [2.24, 2.45) is 0 Å². The zero-order valence-electron chi connectivity index (χ0n) is 11.3. The third-order valence-corrected chi connectivity index (χ3v) is 2.92. The number of rotatable bonds is 3. The van der Waals surface area contributed by atoms with Crippen LogP contribution in [0.25, 0.3) is 0 Å². The topological polar surface area (TPSA) is 70.1 Å².